The van der Waals surface area contributed by atoms with Crippen molar-refractivity contribution in [1.82, 2.24) is 4.90 Å². The van der Waals surface area contributed by atoms with E-state index in [0.29, 0.717) is 13.1 Å². The highest BCUT2D eigenvalue weighted by Gasteiger charge is 2.22. The second kappa shape index (κ2) is 5.03. The molecule has 0 radical (unpaired) electrons. The summed E-state index contributed by atoms with van der Waals surface area (Å²) in [6.07, 6.45) is 0.964. The molecule has 18 heavy (non-hydrogen) atoms. The predicted molar refractivity (Wildman–Crippen MR) is 60.1 cm³/mol. The summed E-state index contributed by atoms with van der Waals surface area (Å²) in [5.41, 5.74) is -0.547. The third kappa shape index (κ3) is 2.42. The molecular formula is C12H12FNO4. The molecule has 1 heterocycles. The summed E-state index contributed by atoms with van der Waals surface area (Å²) in [5.74, 6) is -2.64. The molecule has 1 saturated heterocycles. The van der Waals surface area contributed by atoms with Crippen molar-refractivity contribution < 1.29 is 23.8 Å². The van der Waals surface area contributed by atoms with Crippen LogP contribution in [0.2, 0.25) is 0 Å². The van der Waals surface area contributed by atoms with Crippen LogP contribution in [0.5, 0.6) is 5.75 Å². The number of carboxylic acid groups (broad SMARTS) is 1. The molecule has 0 unspecified atom stereocenters. The molecule has 2 rings (SSSR count). The zero-order valence-electron chi connectivity index (χ0n) is 9.56. The Morgan fingerprint density at radius 2 is 2.11 bits per heavy atom. The lowest BCUT2D eigenvalue weighted by Gasteiger charge is -2.30. The van der Waals surface area contributed by atoms with Crippen molar-refractivity contribution in [2.24, 2.45) is 0 Å². The van der Waals surface area contributed by atoms with Gasteiger partial charge in [0.25, 0.3) is 5.91 Å². The van der Waals surface area contributed by atoms with Gasteiger partial charge in [0.2, 0.25) is 0 Å². The van der Waals surface area contributed by atoms with E-state index >= 15 is 0 Å². The normalized spacial score (nSPS) is 13.9. The Labute approximate surface area is 103 Å². The first-order valence-corrected chi connectivity index (χ1v) is 5.52. The number of ether oxygens (including phenoxy) is 1. The first-order valence-electron chi connectivity index (χ1n) is 5.52. The number of rotatable bonds is 4. The fourth-order valence-corrected chi connectivity index (χ4v) is 1.63. The number of aromatic carboxylic acids is 1. The summed E-state index contributed by atoms with van der Waals surface area (Å²) in [4.78, 5) is 24.0. The average Bonchev–Trinajstić information content (AvgIpc) is 2.23. The minimum Gasteiger partial charge on any atom is -0.483 e. The molecule has 1 N–H and O–H groups in total. The van der Waals surface area contributed by atoms with E-state index in [1.165, 1.54) is 12.1 Å². The van der Waals surface area contributed by atoms with E-state index in [2.05, 4.69) is 0 Å². The monoisotopic (exact) mass is 253 g/mol. The summed E-state index contributed by atoms with van der Waals surface area (Å²) in [6.45, 7) is 1.11. The van der Waals surface area contributed by atoms with Crippen LogP contribution in [0.4, 0.5) is 4.39 Å². The first kappa shape index (κ1) is 12.3. The van der Waals surface area contributed by atoms with Crippen molar-refractivity contribution in [3.8, 4) is 5.75 Å². The lowest BCUT2D eigenvalue weighted by molar-refractivity contribution is -0.136. The predicted octanol–water partition coefficient (Wildman–Crippen LogP) is 1.14. The van der Waals surface area contributed by atoms with Crippen LogP contribution in [0.1, 0.15) is 16.8 Å². The van der Waals surface area contributed by atoms with Crippen LogP contribution in [0, 0.1) is 5.82 Å². The maximum absolute atomic E-state index is 13.3. The smallest absolute Gasteiger partial charge is 0.342 e. The molecule has 1 aromatic carbocycles. The Morgan fingerprint density at radius 1 is 1.39 bits per heavy atom. The van der Waals surface area contributed by atoms with E-state index in [9.17, 15) is 14.0 Å². The van der Waals surface area contributed by atoms with Crippen molar-refractivity contribution in [3.63, 3.8) is 0 Å². The lowest BCUT2D eigenvalue weighted by atomic mass is 10.2. The van der Waals surface area contributed by atoms with Crippen molar-refractivity contribution in [1.29, 1.82) is 0 Å². The quantitative estimate of drug-likeness (QED) is 0.873. The van der Waals surface area contributed by atoms with Crippen LogP contribution in [0.25, 0.3) is 0 Å². The van der Waals surface area contributed by atoms with Gasteiger partial charge in [0, 0.05) is 13.1 Å². The second-order valence-electron chi connectivity index (χ2n) is 3.94. The van der Waals surface area contributed by atoms with Crippen molar-refractivity contribution in [3.05, 3.63) is 29.6 Å². The number of hydrogen-bond acceptors (Lipinski definition) is 3. The molecule has 0 saturated carbocycles. The number of likely N-dealkylation sites (tertiary alicyclic amines) is 1. The second-order valence-corrected chi connectivity index (χ2v) is 3.94. The van der Waals surface area contributed by atoms with Crippen LogP contribution < -0.4 is 4.74 Å². The molecular weight excluding hydrogens is 241 g/mol. The molecule has 1 amide bonds. The SMILES string of the molecule is O=C(O)c1c(F)cccc1OCC(=O)N1CCC1. The molecule has 1 fully saturated rings. The highest BCUT2D eigenvalue weighted by atomic mass is 19.1. The van der Waals surface area contributed by atoms with Crippen molar-refractivity contribution in [2.75, 3.05) is 19.7 Å². The fraction of sp³-hybridized carbons (Fsp3) is 0.333. The molecule has 0 atom stereocenters. The maximum atomic E-state index is 13.3. The van der Waals surface area contributed by atoms with Crippen LogP contribution >= 0.6 is 0 Å². The Kier molecular flexibility index (Phi) is 3.45. The molecule has 5 nitrogen and oxygen atoms in total. The van der Waals surface area contributed by atoms with Gasteiger partial charge >= 0.3 is 5.97 Å². The average molecular weight is 253 g/mol. The third-order valence-electron chi connectivity index (χ3n) is 2.75. The molecule has 0 aromatic heterocycles. The number of benzene rings is 1. The third-order valence-corrected chi connectivity index (χ3v) is 2.75. The van der Waals surface area contributed by atoms with Gasteiger partial charge in [-0.05, 0) is 18.6 Å². The van der Waals surface area contributed by atoms with Gasteiger partial charge < -0.3 is 14.7 Å². The highest BCUT2D eigenvalue weighted by Crippen LogP contribution is 2.21. The minimum absolute atomic E-state index is 0.128. The van der Waals surface area contributed by atoms with Gasteiger partial charge in [-0.3, -0.25) is 4.79 Å². The zero-order valence-corrected chi connectivity index (χ0v) is 9.56. The summed E-state index contributed by atoms with van der Waals surface area (Å²) in [6, 6.07) is 3.70. The Balaban J connectivity index is 2.06. The molecule has 0 aliphatic carbocycles. The largest absolute Gasteiger partial charge is 0.483 e. The topological polar surface area (TPSA) is 66.8 Å². The van der Waals surface area contributed by atoms with Crippen molar-refractivity contribution in [2.45, 2.75) is 6.42 Å². The lowest BCUT2D eigenvalue weighted by Crippen LogP contribution is -2.44. The Morgan fingerprint density at radius 3 is 2.67 bits per heavy atom. The van der Waals surface area contributed by atoms with Crippen LogP contribution in [-0.2, 0) is 4.79 Å². The molecule has 1 aromatic rings. The standard InChI is InChI=1S/C12H12FNO4/c13-8-3-1-4-9(11(8)12(16)17)18-7-10(15)14-5-2-6-14/h1,3-4H,2,5-7H2,(H,16,17). The van der Waals surface area contributed by atoms with E-state index in [0.717, 1.165) is 12.5 Å². The van der Waals surface area contributed by atoms with Gasteiger partial charge in [0.1, 0.15) is 17.1 Å². The molecule has 1 aliphatic heterocycles. The van der Waals surface area contributed by atoms with Gasteiger partial charge in [0.05, 0.1) is 0 Å². The molecule has 1 aliphatic rings. The highest BCUT2D eigenvalue weighted by molar-refractivity contribution is 5.91. The number of halogens is 1. The van der Waals surface area contributed by atoms with E-state index in [-0.39, 0.29) is 18.3 Å². The van der Waals surface area contributed by atoms with Gasteiger partial charge in [-0.2, -0.15) is 0 Å². The van der Waals surface area contributed by atoms with Gasteiger partial charge in [-0.15, -0.1) is 0 Å². The number of hydrogen-bond donors (Lipinski definition) is 1. The molecule has 0 bridgehead atoms. The molecule has 6 heteroatoms. The summed E-state index contributed by atoms with van der Waals surface area (Å²) < 4.78 is 18.4. The summed E-state index contributed by atoms with van der Waals surface area (Å²) in [5, 5.41) is 8.86. The first-order chi connectivity index (χ1) is 8.59. The number of nitrogens with zero attached hydrogens (tertiary/aromatic N) is 1. The van der Waals surface area contributed by atoms with E-state index < -0.39 is 17.3 Å². The van der Waals surface area contributed by atoms with Crippen LogP contribution in [0.3, 0.4) is 0 Å². The van der Waals surface area contributed by atoms with Crippen LogP contribution in [0.15, 0.2) is 18.2 Å². The summed E-state index contributed by atoms with van der Waals surface area (Å²) >= 11 is 0. The zero-order chi connectivity index (χ0) is 13.1. The van der Waals surface area contributed by atoms with E-state index in [1.807, 2.05) is 0 Å². The van der Waals surface area contributed by atoms with Crippen LogP contribution in [-0.4, -0.2) is 41.6 Å². The Bertz CT molecular complexity index is 485. The number of carbonyl (C=O) groups is 2. The molecule has 96 valence electrons. The minimum atomic E-state index is -1.42. The Hall–Kier alpha value is -2.11. The number of carboxylic acids is 1. The maximum Gasteiger partial charge on any atom is 0.342 e. The number of carbonyl (C=O) groups excluding carboxylic acids is 1. The van der Waals surface area contributed by atoms with Crippen molar-refractivity contribution >= 4 is 11.9 Å². The fourth-order valence-electron chi connectivity index (χ4n) is 1.63. The van der Waals surface area contributed by atoms with Gasteiger partial charge in [-0.1, -0.05) is 6.07 Å². The molecule has 0 spiro atoms. The summed E-state index contributed by atoms with van der Waals surface area (Å²) in [7, 11) is 0. The van der Waals surface area contributed by atoms with E-state index in [1.54, 1.807) is 4.90 Å². The van der Waals surface area contributed by atoms with Gasteiger partial charge in [0.15, 0.2) is 6.61 Å². The van der Waals surface area contributed by atoms with E-state index in [4.69, 9.17) is 9.84 Å². The number of amides is 1. The van der Waals surface area contributed by atoms with Gasteiger partial charge in [-0.25, -0.2) is 9.18 Å².